The Kier molecular flexibility index (Phi) is 10.5. The molecule has 0 bridgehead atoms. The summed E-state index contributed by atoms with van der Waals surface area (Å²) in [6.07, 6.45) is 12.1. The van der Waals surface area contributed by atoms with Crippen LogP contribution in [-0.4, -0.2) is 63.5 Å². The van der Waals surface area contributed by atoms with Crippen molar-refractivity contribution in [2.24, 2.45) is 5.92 Å². The highest BCUT2D eigenvalue weighted by Gasteiger charge is 2.34. The molecule has 3 atom stereocenters. The number of carboxylic acid groups (broad SMARTS) is 1. The molecule has 4 N–H and O–H groups in total. The SMILES string of the molecule is CCc1ccc2cnc(C=CCC(=O)NC(C(=O)NC(C)C(=O)N3CCCC(C(=O)O)N3)C3CCCCC3)cc2c1. The molecule has 1 aromatic heterocycles. The van der Waals surface area contributed by atoms with Crippen molar-refractivity contribution in [3.05, 3.63) is 47.8 Å². The Labute approximate surface area is 240 Å². The highest BCUT2D eigenvalue weighted by atomic mass is 16.4. The van der Waals surface area contributed by atoms with Crippen LogP contribution >= 0.6 is 0 Å². The number of aryl methyl sites for hydroxylation is 1. The number of aromatic nitrogens is 1. The van der Waals surface area contributed by atoms with Crippen LogP contribution < -0.4 is 16.1 Å². The Morgan fingerprint density at radius 1 is 1.07 bits per heavy atom. The molecule has 2 fully saturated rings. The number of carboxylic acids is 1. The van der Waals surface area contributed by atoms with Crippen molar-refractivity contribution < 1.29 is 24.3 Å². The smallest absolute Gasteiger partial charge is 0.322 e. The zero-order valence-corrected chi connectivity index (χ0v) is 23.9. The first-order chi connectivity index (χ1) is 19.7. The molecule has 41 heavy (non-hydrogen) atoms. The normalized spacial score (nSPS) is 19.6. The van der Waals surface area contributed by atoms with Crippen LogP contribution in [-0.2, 0) is 25.6 Å². The van der Waals surface area contributed by atoms with Crippen molar-refractivity contribution in [3.63, 3.8) is 0 Å². The number of hydrazine groups is 1. The minimum absolute atomic E-state index is 0.0154. The number of carbonyl (C=O) groups excluding carboxylic acids is 3. The second kappa shape index (κ2) is 14.2. The van der Waals surface area contributed by atoms with Crippen LogP contribution in [0.1, 0.15) is 76.5 Å². The van der Waals surface area contributed by atoms with Gasteiger partial charge in [-0.15, -0.1) is 0 Å². The average Bonchev–Trinajstić information content (AvgIpc) is 2.99. The summed E-state index contributed by atoms with van der Waals surface area (Å²) in [6.45, 7) is 4.06. The van der Waals surface area contributed by atoms with E-state index in [9.17, 15) is 24.3 Å². The number of hydrogen-bond donors (Lipinski definition) is 4. The fourth-order valence-electron chi connectivity index (χ4n) is 5.62. The molecule has 2 heterocycles. The van der Waals surface area contributed by atoms with Crippen LogP contribution in [0.2, 0.25) is 0 Å². The molecule has 10 heteroatoms. The van der Waals surface area contributed by atoms with Crippen molar-refractivity contribution in [1.29, 1.82) is 0 Å². The molecule has 0 spiro atoms. The van der Waals surface area contributed by atoms with E-state index in [2.05, 4.69) is 46.2 Å². The lowest BCUT2D eigenvalue weighted by Crippen LogP contribution is -2.61. The molecule has 1 aliphatic heterocycles. The van der Waals surface area contributed by atoms with E-state index in [4.69, 9.17) is 0 Å². The molecule has 1 saturated heterocycles. The number of carbonyl (C=O) groups is 4. The molecule has 2 aromatic rings. The van der Waals surface area contributed by atoms with Crippen LogP contribution in [0, 0.1) is 5.92 Å². The van der Waals surface area contributed by atoms with Crippen LogP contribution in [0.25, 0.3) is 16.8 Å². The molecule has 1 aliphatic carbocycles. The lowest BCUT2D eigenvalue weighted by atomic mass is 9.83. The Bertz CT molecular complexity index is 1290. The van der Waals surface area contributed by atoms with E-state index in [0.29, 0.717) is 19.4 Å². The maximum Gasteiger partial charge on any atom is 0.322 e. The van der Waals surface area contributed by atoms with Crippen molar-refractivity contribution in [1.82, 2.24) is 26.1 Å². The molecule has 1 saturated carbocycles. The molecule has 4 rings (SSSR count). The number of hydrogen-bond acceptors (Lipinski definition) is 6. The highest BCUT2D eigenvalue weighted by molar-refractivity contribution is 5.92. The molecule has 3 amide bonds. The maximum atomic E-state index is 13.4. The van der Waals surface area contributed by atoms with Gasteiger partial charge in [-0.2, -0.15) is 0 Å². The number of benzene rings is 1. The number of nitrogens with one attached hydrogen (secondary N) is 3. The van der Waals surface area contributed by atoms with Crippen molar-refractivity contribution >= 4 is 40.5 Å². The first kappa shape index (κ1) is 30.2. The third kappa shape index (κ3) is 8.13. The number of fused-ring (bicyclic) bond motifs is 1. The fourth-order valence-corrected chi connectivity index (χ4v) is 5.62. The van der Waals surface area contributed by atoms with Crippen LogP contribution in [0.3, 0.4) is 0 Å². The number of pyridine rings is 1. The van der Waals surface area contributed by atoms with Crippen LogP contribution in [0.15, 0.2) is 36.5 Å². The van der Waals surface area contributed by atoms with Crippen LogP contribution in [0.4, 0.5) is 0 Å². The first-order valence-electron chi connectivity index (χ1n) is 14.7. The van der Waals surface area contributed by atoms with Gasteiger partial charge in [0.05, 0.1) is 5.69 Å². The number of aliphatic carboxylic acids is 1. The third-order valence-corrected chi connectivity index (χ3v) is 8.01. The Morgan fingerprint density at radius 3 is 2.59 bits per heavy atom. The van der Waals surface area contributed by atoms with Crippen molar-refractivity contribution in [2.75, 3.05) is 6.54 Å². The molecule has 1 aromatic carbocycles. The Balaban J connectivity index is 1.37. The zero-order chi connectivity index (χ0) is 29.4. The summed E-state index contributed by atoms with van der Waals surface area (Å²) in [5.41, 5.74) is 4.74. The predicted octanol–water partition coefficient (Wildman–Crippen LogP) is 3.35. The van der Waals surface area contributed by atoms with Gasteiger partial charge in [-0.3, -0.25) is 29.2 Å². The zero-order valence-electron chi connectivity index (χ0n) is 23.9. The summed E-state index contributed by atoms with van der Waals surface area (Å²) in [7, 11) is 0. The van der Waals surface area contributed by atoms with E-state index in [1.165, 1.54) is 10.6 Å². The van der Waals surface area contributed by atoms with Gasteiger partial charge in [-0.05, 0) is 68.0 Å². The van der Waals surface area contributed by atoms with E-state index in [1.54, 1.807) is 13.0 Å². The summed E-state index contributed by atoms with van der Waals surface area (Å²) >= 11 is 0. The van der Waals surface area contributed by atoms with Gasteiger partial charge in [0.15, 0.2) is 0 Å². The fraction of sp³-hybridized carbons (Fsp3) is 0.516. The largest absolute Gasteiger partial charge is 0.480 e. The second-order valence-corrected chi connectivity index (χ2v) is 11.1. The Hall–Kier alpha value is -3.79. The van der Waals surface area contributed by atoms with E-state index in [1.807, 2.05) is 18.3 Å². The number of nitrogens with zero attached hydrogens (tertiary/aromatic N) is 2. The maximum absolute atomic E-state index is 13.4. The molecule has 3 unspecified atom stereocenters. The van der Waals surface area contributed by atoms with Gasteiger partial charge in [-0.25, -0.2) is 5.43 Å². The average molecular weight is 564 g/mol. The monoisotopic (exact) mass is 563 g/mol. The molecular weight excluding hydrogens is 522 g/mol. The molecule has 0 radical (unpaired) electrons. The van der Waals surface area contributed by atoms with Crippen molar-refractivity contribution in [2.45, 2.75) is 89.8 Å². The van der Waals surface area contributed by atoms with Crippen LogP contribution in [0.5, 0.6) is 0 Å². The topological polar surface area (TPSA) is 141 Å². The Morgan fingerprint density at radius 2 is 1.85 bits per heavy atom. The van der Waals surface area contributed by atoms with Gasteiger partial charge < -0.3 is 15.7 Å². The third-order valence-electron chi connectivity index (χ3n) is 8.01. The van der Waals surface area contributed by atoms with Gasteiger partial charge in [0.1, 0.15) is 18.1 Å². The summed E-state index contributed by atoms with van der Waals surface area (Å²) in [4.78, 5) is 55.1. The quantitative estimate of drug-likeness (QED) is 0.347. The van der Waals surface area contributed by atoms with E-state index in [-0.39, 0.29) is 18.2 Å². The number of amides is 3. The minimum Gasteiger partial charge on any atom is -0.480 e. The van der Waals surface area contributed by atoms with Crippen molar-refractivity contribution in [3.8, 4) is 0 Å². The first-order valence-corrected chi connectivity index (χ1v) is 14.7. The molecule has 220 valence electrons. The van der Waals surface area contributed by atoms with Gasteiger partial charge in [0.2, 0.25) is 11.8 Å². The summed E-state index contributed by atoms with van der Waals surface area (Å²) < 4.78 is 0. The summed E-state index contributed by atoms with van der Waals surface area (Å²) in [5, 5.41) is 18.4. The van der Waals surface area contributed by atoms with E-state index in [0.717, 1.165) is 55.0 Å². The highest BCUT2D eigenvalue weighted by Crippen LogP contribution is 2.27. The lowest BCUT2D eigenvalue weighted by Gasteiger charge is -2.34. The molecular formula is C31H41N5O5. The van der Waals surface area contributed by atoms with Gasteiger partial charge >= 0.3 is 5.97 Å². The second-order valence-electron chi connectivity index (χ2n) is 11.1. The van der Waals surface area contributed by atoms with E-state index < -0.39 is 35.9 Å². The molecule has 2 aliphatic rings. The van der Waals surface area contributed by atoms with Gasteiger partial charge in [0, 0.05) is 24.5 Å². The van der Waals surface area contributed by atoms with E-state index >= 15 is 0 Å². The summed E-state index contributed by atoms with van der Waals surface area (Å²) in [6, 6.07) is 5.83. The predicted molar refractivity (Wildman–Crippen MR) is 156 cm³/mol. The van der Waals surface area contributed by atoms with Gasteiger partial charge in [0.25, 0.3) is 5.91 Å². The number of rotatable bonds is 10. The molecule has 10 nitrogen and oxygen atoms in total. The standard InChI is InChI=1S/C31H41N5O5/c1-3-21-14-15-23-19-32-25(18-24(23)17-21)11-7-13-27(37)34-28(22-9-5-4-6-10-22)29(38)33-20(2)30(39)36-16-8-12-26(35-36)31(40)41/h7,11,14-15,17-20,22,26,28,35H,3-6,8-10,12-13,16H2,1-2H3,(H,33,38)(H,34,37)(H,40,41). The minimum atomic E-state index is -1.02. The lowest BCUT2D eigenvalue weighted by molar-refractivity contribution is -0.148. The van der Waals surface area contributed by atoms with Gasteiger partial charge in [-0.1, -0.05) is 50.5 Å². The summed E-state index contributed by atoms with van der Waals surface area (Å²) in [5.74, 6) is -2.12.